The normalized spacial score (nSPS) is 16.4. The van der Waals surface area contributed by atoms with Crippen LogP contribution < -0.4 is 15.4 Å². The number of anilines is 1. The molecule has 22 heavy (non-hydrogen) atoms. The molecule has 1 heterocycles. The lowest BCUT2D eigenvalue weighted by Crippen LogP contribution is -2.44. The molecule has 0 fully saturated rings. The molecule has 3 rings (SSSR count). The average Bonchev–Trinajstić information content (AvgIpc) is 2.51. The molecule has 0 aliphatic carbocycles. The Morgan fingerprint density at radius 3 is 2.86 bits per heavy atom. The van der Waals surface area contributed by atoms with Crippen LogP contribution >= 0.6 is 0 Å². The summed E-state index contributed by atoms with van der Waals surface area (Å²) in [5.74, 6) is 0.912. The molecule has 2 N–H and O–H groups in total. The molecule has 2 aromatic carbocycles. The summed E-state index contributed by atoms with van der Waals surface area (Å²) in [6, 6.07) is 13.7. The van der Waals surface area contributed by atoms with Gasteiger partial charge in [-0.15, -0.1) is 0 Å². The van der Waals surface area contributed by atoms with E-state index in [4.69, 9.17) is 4.74 Å². The molecule has 1 aliphatic heterocycles. The van der Waals surface area contributed by atoms with E-state index in [2.05, 4.69) is 10.6 Å². The highest BCUT2D eigenvalue weighted by Gasteiger charge is 2.21. The quantitative estimate of drug-likeness (QED) is 0.892. The van der Waals surface area contributed by atoms with E-state index >= 15 is 0 Å². The Morgan fingerprint density at radius 1 is 1.18 bits per heavy atom. The third kappa shape index (κ3) is 3.22. The molecule has 0 radical (unpaired) electrons. The van der Waals surface area contributed by atoms with Gasteiger partial charge in [-0.3, -0.25) is 0 Å². The molecule has 0 saturated heterocycles. The zero-order valence-electron chi connectivity index (χ0n) is 12.8. The van der Waals surface area contributed by atoms with Gasteiger partial charge in [-0.25, -0.2) is 4.79 Å². The molecule has 0 bridgehead atoms. The summed E-state index contributed by atoms with van der Waals surface area (Å²) >= 11 is 0. The number of fused-ring (bicyclic) bond motifs is 1. The van der Waals surface area contributed by atoms with E-state index in [0.717, 1.165) is 34.5 Å². The number of nitrogens with one attached hydrogen (secondary N) is 2. The zero-order valence-corrected chi connectivity index (χ0v) is 12.8. The van der Waals surface area contributed by atoms with Gasteiger partial charge in [-0.2, -0.15) is 0 Å². The Balaban J connectivity index is 1.62. The first-order valence-corrected chi connectivity index (χ1v) is 7.47. The van der Waals surface area contributed by atoms with Gasteiger partial charge in [0.2, 0.25) is 0 Å². The second kappa shape index (κ2) is 6.10. The van der Waals surface area contributed by atoms with Crippen molar-refractivity contribution < 1.29 is 9.53 Å². The van der Waals surface area contributed by atoms with Gasteiger partial charge < -0.3 is 15.4 Å². The molecule has 2 aromatic rings. The topological polar surface area (TPSA) is 50.4 Å². The maximum absolute atomic E-state index is 12.2. The van der Waals surface area contributed by atoms with Crippen molar-refractivity contribution in [3.8, 4) is 5.75 Å². The van der Waals surface area contributed by atoms with Crippen LogP contribution in [0, 0.1) is 13.8 Å². The summed E-state index contributed by atoms with van der Waals surface area (Å²) in [5, 5.41) is 5.90. The Labute approximate surface area is 130 Å². The van der Waals surface area contributed by atoms with Crippen LogP contribution in [-0.2, 0) is 6.42 Å². The number of amides is 2. The number of hydrogen-bond donors (Lipinski definition) is 2. The molecule has 0 saturated carbocycles. The molecule has 1 atom stereocenters. The standard InChI is InChI=1S/C18H20N2O2/c1-12-7-8-13(2)16(9-12)20-18(21)19-15-10-14-5-3-4-6-17(14)22-11-15/h3-9,15H,10-11H2,1-2H3,(H2,19,20,21)/t15-/m0/s1. The van der Waals surface area contributed by atoms with Gasteiger partial charge in [0.1, 0.15) is 12.4 Å². The van der Waals surface area contributed by atoms with Gasteiger partial charge in [0.15, 0.2) is 0 Å². The first kappa shape index (κ1) is 14.4. The van der Waals surface area contributed by atoms with Gasteiger partial charge in [-0.05, 0) is 49.1 Å². The lowest BCUT2D eigenvalue weighted by molar-refractivity contribution is 0.222. The number of para-hydroxylation sites is 1. The third-order valence-electron chi connectivity index (χ3n) is 3.86. The minimum atomic E-state index is -0.193. The first-order valence-electron chi connectivity index (χ1n) is 7.47. The number of aryl methyl sites for hydroxylation is 2. The van der Waals surface area contributed by atoms with E-state index in [0.29, 0.717) is 6.61 Å². The third-order valence-corrected chi connectivity index (χ3v) is 3.86. The second-order valence-corrected chi connectivity index (χ2v) is 5.74. The van der Waals surface area contributed by atoms with Crippen molar-refractivity contribution in [1.82, 2.24) is 5.32 Å². The predicted molar refractivity (Wildman–Crippen MR) is 87.5 cm³/mol. The molecule has 2 amide bonds. The lowest BCUT2D eigenvalue weighted by atomic mass is 10.0. The Kier molecular flexibility index (Phi) is 4.00. The van der Waals surface area contributed by atoms with Crippen LogP contribution in [0.5, 0.6) is 5.75 Å². The van der Waals surface area contributed by atoms with E-state index in [1.807, 2.05) is 56.3 Å². The lowest BCUT2D eigenvalue weighted by Gasteiger charge is -2.26. The van der Waals surface area contributed by atoms with Gasteiger partial charge in [0.25, 0.3) is 0 Å². The highest BCUT2D eigenvalue weighted by atomic mass is 16.5. The van der Waals surface area contributed by atoms with Gasteiger partial charge in [-0.1, -0.05) is 30.3 Å². The van der Waals surface area contributed by atoms with Crippen molar-refractivity contribution in [2.75, 3.05) is 11.9 Å². The van der Waals surface area contributed by atoms with Gasteiger partial charge in [0, 0.05) is 5.69 Å². The number of ether oxygens (including phenoxy) is 1. The molecule has 4 nitrogen and oxygen atoms in total. The van der Waals surface area contributed by atoms with E-state index < -0.39 is 0 Å². The first-order chi connectivity index (χ1) is 10.6. The molecule has 114 valence electrons. The largest absolute Gasteiger partial charge is 0.491 e. The second-order valence-electron chi connectivity index (χ2n) is 5.74. The summed E-state index contributed by atoms with van der Waals surface area (Å²) in [5.41, 5.74) is 4.14. The van der Waals surface area contributed by atoms with Crippen LogP contribution in [0.25, 0.3) is 0 Å². The number of urea groups is 1. The van der Waals surface area contributed by atoms with Crippen molar-refractivity contribution in [1.29, 1.82) is 0 Å². The van der Waals surface area contributed by atoms with Crippen LogP contribution in [0.1, 0.15) is 16.7 Å². The SMILES string of the molecule is Cc1ccc(C)c(NC(=O)N[C@@H]2COc3ccccc3C2)c1. The number of carbonyl (C=O) groups excluding carboxylic acids is 1. The van der Waals surface area contributed by atoms with Crippen molar-refractivity contribution in [2.24, 2.45) is 0 Å². The summed E-state index contributed by atoms with van der Waals surface area (Å²) in [6.45, 7) is 4.49. The Morgan fingerprint density at radius 2 is 2.00 bits per heavy atom. The highest BCUT2D eigenvalue weighted by Crippen LogP contribution is 2.24. The fourth-order valence-electron chi connectivity index (χ4n) is 2.64. The smallest absolute Gasteiger partial charge is 0.319 e. The maximum atomic E-state index is 12.2. The minimum Gasteiger partial charge on any atom is -0.491 e. The van der Waals surface area contributed by atoms with Crippen LogP contribution in [0.3, 0.4) is 0 Å². The van der Waals surface area contributed by atoms with E-state index in [-0.39, 0.29) is 12.1 Å². The van der Waals surface area contributed by atoms with Crippen molar-refractivity contribution >= 4 is 11.7 Å². The van der Waals surface area contributed by atoms with Crippen molar-refractivity contribution in [2.45, 2.75) is 26.3 Å². The average molecular weight is 296 g/mol. The minimum absolute atomic E-state index is 0.0139. The molecule has 0 aromatic heterocycles. The molecule has 1 aliphatic rings. The molecular formula is C18H20N2O2. The molecule has 0 spiro atoms. The van der Waals surface area contributed by atoms with E-state index in [1.54, 1.807) is 0 Å². The maximum Gasteiger partial charge on any atom is 0.319 e. The number of carbonyl (C=O) groups is 1. The monoisotopic (exact) mass is 296 g/mol. The Hall–Kier alpha value is -2.49. The number of hydrogen-bond acceptors (Lipinski definition) is 2. The van der Waals surface area contributed by atoms with Crippen LogP contribution in [0.4, 0.5) is 10.5 Å². The fourth-order valence-corrected chi connectivity index (χ4v) is 2.64. The molecule has 0 unspecified atom stereocenters. The fraction of sp³-hybridized carbons (Fsp3) is 0.278. The van der Waals surface area contributed by atoms with Crippen LogP contribution in [0.2, 0.25) is 0 Å². The number of rotatable bonds is 2. The zero-order chi connectivity index (χ0) is 15.5. The number of benzene rings is 2. The summed E-state index contributed by atoms with van der Waals surface area (Å²) in [7, 11) is 0. The molecular weight excluding hydrogens is 276 g/mol. The van der Waals surface area contributed by atoms with Gasteiger partial charge in [0.05, 0.1) is 6.04 Å². The van der Waals surface area contributed by atoms with Crippen molar-refractivity contribution in [3.05, 3.63) is 59.2 Å². The summed E-state index contributed by atoms with van der Waals surface area (Å²) in [6.07, 6.45) is 0.788. The van der Waals surface area contributed by atoms with Gasteiger partial charge >= 0.3 is 6.03 Å². The van der Waals surface area contributed by atoms with Crippen LogP contribution in [0.15, 0.2) is 42.5 Å². The van der Waals surface area contributed by atoms with E-state index in [1.165, 1.54) is 0 Å². The predicted octanol–water partition coefficient (Wildman–Crippen LogP) is 3.43. The molecule has 4 heteroatoms. The summed E-state index contributed by atoms with van der Waals surface area (Å²) < 4.78 is 5.69. The van der Waals surface area contributed by atoms with Crippen molar-refractivity contribution in [3.63, 3.8) is 0 Å². The Bertz CT molecular complexity index is 697. The van der Waals surface area contributed by atoms with E-state index in [9.17, 15) is 4.79 Å². The highest BCUT2D eigenvalue weighted by molar-refractivity contribution is 5.90. The van der Waals surface area contributed by atoms with Crippen LogP contribution in [-0.4, -0.2) is 18.7 Å². The summed E-state index contributed by atoms with van der Waals surface area (Å²) in [4.78, 5) is 12.2.